The van der Waals surface area contributed by atoms with Crippen molar-refractivity contribution in [2.75, 3.05) is 11.6 Å². The highest BCUT2D eigenvalue weighted by atomic mass is 32.2. The van der Waals surface area contributed by atoms with Gasteiger partial charge in [0, 0.05) is 16.6 Å². The molecule has 2 aromatic rings. The Kier molecular flexibility index (Phi) is 4.62. The number of amides is 1. The molecule has 0 radical (unpaired) electrons. The van der Waals surface area contributed by atoms with Gasteiger partial charge in [-0.1, -0.05) is 31.2 Å². The molecule has 0 fully saturated rings. The molecule has 120 valence electrons. The van der Waals surface area contributed by atoms with E-state index < -0.39 is 0 Å². The van der Waals surface area contributed by atoms with Crippen molar-refractivity contribution in [1.82, 2.24) is 4.90 Å². The van der Waals surface area contributed by atoms with Crippen molar-refractivity contribution in [2.45, 2.75) is 37.4 Å². The molecule has 1 aliphatic rings. The Morgan fingerprint density at radius 1 is 1.17 bits per heavy atom. The zero-order valence-corrected chi connectivity index (χ0v) is 14.6. The Bertz CT molecular complexity index is 699. The van der Waals surface area contributed by atoms with Crippen molar-refractivity contribution in [3.8, 4) is 0 Å². The summed E-state index contributed by atoms with van der Waals surface area (Å²) in [6, 6.07) is 16.4. The minimum Gasteiger partial charge on any atom is -0.361 e. The average molecular weight is 326 g/mol. The summed E-state index contributed by atoms with van der Waals surface area (Å²) in [5, 5.41) is 3.54. The van der Waals surface area contributed by atoms with Crippen LogP contribution in [0, 0.1) is 0 Å². The molecule has 0 saturated carbocycles. The second kappa shape index (κ2) is 6.67. The molecule has 0 saturated heterocycles. The Morgan fingerprint density at radius 3 is 2.52 bits per heavy atom. The Balaban J connectivity index is 2.03. The van der Waals surface area contributed by atoms with E-state index in [0.29, 0.717) is 0 Å². The van der Waals surface area contributed by atoms with Crippen LogP contribution in [0.25, 0.3) is 0 Å². The quantitative estimate of drug-likeness (QED) is 0.821. The first kappa shape index (κ1) is 15.9. The normalized spacial score (nSPS) is 18.3. The molecule has 0 unspecified atom stereocenters. The number of nitrogens with one attached hydrogen (secondary N) is 1. The fourth-order valence-corrected chi connectivity index (χ4v) is 3.36. The molecule has 1 N–H and O–H groups in total. The summed E-state index contributed by atoms with van der Waals surface area (Å²) in [6.07, 6.45) is 2.87. The van der Waals surface area contributed by atoms with E-state index in [1.165, 1.54) is 4.90 Å². The van der Waals surface area contributed by atoms with Crippen LogP contribution in [0.1, 0.15) is 42.4 Å². The number of benzene rings is 2. The number of carbonyl (C=O) groups is 1. The van der Waals surface area contributed by atoms with Gasteiger partial charge in [-0.15, -0.1) is 11.8 Å². The van der Waals surface area contributed by atoms with Crippen molar-refractivity contribution in [3.63, 3.8) is 0 Å². The summed E-state index contributed by atoms with van der Waals surface area (Å²) in [5.74, 6) is 0.104. The van der Waals surface area contributed by atoms with Gasteiger partial charge in [-0.25, -0.2) is 0 Å². The highest BCUT2D eigenvalue weighted by Crippen LogP contribution is 2.35. The fraction of sp³-hybridized carbons (Fsp3) is 0.316. The van der Waals surface area contributed by atoms with Gasteiger partial charge in [0.2, 0.25) is 0 Å². The second-order valence-corrected chi connectivity index (χ2v) is 6.71. The lowest BCUT2D eigenvalue weighted by Gasteiger charge is -2.41. The SMILES string of the molecule is CC[C@H](C)N1C(=O)c2ccccc2N[C@@H]1c1ccc(SC)cc1. The van der Waals surface area contributed by atoms with Gasteiger partial charge in [0.1, 0.15) is 6.17 Å². The van der Waals surface area contributed by atoms with E-state index in [4.69, 9.17) is 0 Å². The Morgan fingerprint density at radius 2 is 1.87 bits per heavy atom. The molecule has 4 heteroatoms. The molecule has 2 aromatic carbocycles. The zero-order valence-electron chi connectivity index (χ0n) is 13.7. The molecule has 1 aliphatic heterocycles. The lowest BCUT2D eigenvalue weighted by Crippen LogP contribution is -2.47. The predicted molar refractivity (Wildman–Crippen MR) is 97.0 cm³/mol. The Hall–Kier alpha value is -1.94. The van der Waals surface area contributed by atoms with Gasteiger partial charge in [0.05, 0.1) is 5.56 Å². The monoisotopic (exact) mass is 326 g/mol. The van der Waals surface area contributed by atoms with Crippen LogP contribution in [0.2, 0.25) is 0 Å². The first-order valence-corrected chi connectivity index (χ1v) is 9.20. The summed E-state index contributed by atoms with van der Waals surface area (Å²) >= 11 is 1.72. The van der Waals surface area contributed by atoms with Gasteiger partial charge in [-0.2, -0.15) is 0 Å². The smallest absolute Gasteiger partial charge is 0.258 e. The maximum absolute atomic E-state index is 13.0. The highest BCUT2D eigenvalue weighted by Gasteiger charge is 2.35. The molecule has 0 bridgehead atoms. The molecular weight excluding hydrogens is 304 g/mol. The van der Waals surface area contributed by atoms with E-state index in [1.54, 1.807) is 11.8 Å². The maximum atomic E-state index is 13.0. The molecule has 1 amide bonds. The van der Waals surface area contributed by atoms with Crippen LogP contribution < -0.4 is 5.32 Å². The molecule has 1 heterocycles. The zero-order chi connectivity index (χ0) is 16.4. The van der Waals surface area contributed by atoms with Crippen LogP contribution in [0.3, 0.4) is 0 Å². The highest BCUT2D eigenvalue weighted by molar-refractivity contribution is 7.98. The van der Waals surface area contributed by atoms with Crippen molar-refractivity contribution in [2.24, 2.45) is 0 Å². The van der Waals surface area contributed by atoms with Gasteiger partial charge in [0.25, 0.3) is 5.91 Å². The van der Waals surface area contributed by atoms with Gasteiger partial charge in [0.15, 0.2) is 0 Å². The predicted octanol–water partition coefficient (Wildman–Crippen LogP) is 4.77. The van der Waals surface area contributed by atoms with Crippen LogP contribution in [0.5, 0.6) is 0 Å². The minimum absolute atomic E-state index is 0.104. The van der Waals surface area contributed by atoms with E-state index in [1.807, 2.05) is 29.2 Å². The number of fused-ring (bicyclic) bond motifs is 1. The fourth-order valence-electron chi connectivity index (χ4n) is 2.95. The third kappa shape index (κ3) is 2.95. The first-order chi connectivity index (χ1) is 11.2. The summed E-state index contributed by atoms with van der Waals surface area (Å²) < 4.78 is 0. The number of hydrogen-bond acceptors (Lipinski definition) is 3. The maximum Gasteiger partial charge on any atom is 0.258 e. The van der Waals surface area contributed by atoms with E-state index in [2.05, 4.69) is 49.7 Å². The van der Waals surface area contributed by atoms with E-state index in [-0.39, 0.29) is 18.1 Å². The number of para-hydroxylation sites is 1. The number of rotatable bonds is 4. The molecule has 23 heavy (non-hydrogen) atoms. The first-order valence-electron chi connectivity index (χ1n) is 7.98. The molecule has 3 nitrogen and oxygen atoms in total. The van der Waals surface area contributed by atoms with Crippen LogP contribution in [-0.4, -0.2) is 23.1 Å². The molecule has 0 spiro atoms. The van der Waals surface area contributed by atoms with Crippen molar-refractivity contribution in [1.29, 1.82) is 0 Å². The number of nitrogens with zero attached hydrogens (tertiary/aromatic N) is 1. The van der Waals surface area contributed by atoms with Crippen molar-refractivity contribution in [3.05, 3.63) is 59.7 Å². The molecule has 3 rings (SSSR count). The third-order valence-corrected chi connectivity index (χ3v) is 5.20. The molecule has 0 aromatic heterocycles. The average Bonchev–Trinajstić information content (AvgIpc) is 2.61. The van der Waals surface area contributed by atoms with Gasteiger partial charge in [-0.3, -0.25) is 4.79 Å². The van der Waals surface area contributed by atoms with Crippen LogP contribution >= 0.6 is 11.8 Å². The topological polar surface area (TPSA) is 32.3 Å². The van der Waals surface area contributed by atoms with Crippen molar-refractivity contribution >= 4 is 23.4 Å². The van der Waals surface area contributed by atoms with Crippen LogP contribution in [0.4, 0.5) is 5.69 Å². The van der Waals surface area contributed by atoms with Crippen LogP contribution in [0.15, 0.2) is 53.4 Å². The van der Waals surface area contributed by atoms with E-state index in [0.717, 1.165) is 23.2 Å². The molecule has 0 aliphatic carbocycles. The van der Waals surface area contributed by atoms with Gasteiger partial charge >= 0.3 is 0 Å². The number of carbonyl (C=O) groups excluding carboxylic acids is 1. The summed E-state index contributed by atoms with van der Waals surface area (Å²) in [6.45, 7) is 4.23. The lowest BCUT2D eigenvalue weighted by atomic mass is 10.0. The van der Waals surface area contributed by atoms with Crippen LogP contribution in [-0.2, 0) is 0 Å². The summed E-state index contributed by atoms with van der Waals surface area (Å²) in [4.78, 5) is 16.2. The minimum atomic E-state index is -0.122. The van der Waals surface area contributed by atoms with E-state index in [9.17, 15) is 4.79 Å². The standard InChI is InChI=1S/C19H22N2OS/c1-4-13(2)21-18(14-9-11-15(23-3)12-10-14)20-17-8-6-5-7-16(17)19(21)22/h5-13,18,20H,4H2,1-3H3/t13-,18-/m0/s1. The second-order valence-electron chi connectivity index (χ2n) is 5.84. The lowest BCUT2D eigenvalue weighted by molar-refractivity contribution is 0.0593. The summed E-state index contributed by atoms with van der Waals surface area (Å²) in [7, 11) is 0. The third-order valence-electron chi connectivity index (χ3n) is 4.46. The van der Waals surface area contributed by atoms with E-state index >= 15 is 0 Å². The van der Waals surface area contributed by atoms with Gasteiger partial charge in [-0.05, 0) is 49.4 Å². The van der Waals surface area contributed by atoms with Gasteiger partial charge < -0.3 is 10.2 Å². The molecular formula is C19H22N2OS. The number of thioether (sulfide) groups is 1. The number of anilines is 1. The largest absolute Gasteiger partial charge is 0.361 e. The van der Waals surface area contributed by atoms with Crippen molar-refractivity contribution < 1.29 is 4.79 Å². The summed E-state index contributed by atoms with van der Waals surface area (Å²) in [5.41, 5.74) is 2.78. The molecule has 2 atom stereocenters. The number of hydrogen-bond donors (Lipinski definition) is 1. The Labute approximate surface area is 142 Å².